The van der Waals surface area contributed by atoms with Crippen LogP contribution in [0.1, 0.15) is 0 Å². The number of fused-ring (bicyclic) bond motifs is 1. The van der Waals surface area contributed by atoms with Crippen molar-refractivity contribution < 1.29 is 8.81 Å². The highest BCUT2D eigenvalue weighted by Crippen LogP contribution is 2.33. The Morgan fingerprint density at radius 1 is 1.25 bits per heavy atom. The van der Waals surface area contributed by atoms with Crippen molar-refractivity contribution in [3.8, 4) is 10.8 Å². The van der Waals surface area contributed by atoms with Crippen LogP contribution in [0.15, 0.2) is 28.7 Å². The van der Waals surface area contributed by atoms with Gasteiger partial charge < -0.3 is 4.42 Å². The molecule has 0 fully saturated rings. The van der Waals surface area contributed by atoms with E-state index < -0.39 is 0 Å². The summed E-state index contributed by atoms with van der Waals surface area (Å²) >= 11 is 6.92. The standard InChI is InChI=1S/C10H4ClFN2OS/c11-10-14-13-9(15-10)8-3-5-1-2-6(12)4-7(5)16-8/h1-4H. The van der Waals surface area contributed by atoms with Crippen molar-refractivity contribution >= 4 is 33.0 Å². The second-order valence-electron chi connectivity index (χ2n) is 3.15. The second kappa shape index (κ2) is 3.54. The molecule has 80 valence electrons. The van der Waals surface area contributed by atoms with Crippen LogP contribution in [0.2, 0.25) is 5.35 Å². The van der Waals surface area contributed by atoms with E-state index in [-0.39, 0.29) is 11.2 Å². The average Bonchev–Trinajstić information content (AvgIpc) is 2.83. The highest BCUT2D eigenvalue weighted by Gasteiger charge is 2.11. The van der Waals surface area contributed by atoms with Crippen LogP contribution in [0.25, 0.3) is 20.9 Å². The van der Waals surface area contributed by atoms with Gasteiger partial charge in [0.25, 0.3) is 5.89 Å². The zero-order chi connectivity index (χ0) is 11.1. The smallest absolute Gasteiger partial charge is 0.313 e. The molecule has 16 heavy (non-hydrogen) atoms. The molecule has 0 N–H and O–H groups in total. The molecule has 0 unspecified atom stereocenters. The minimum Gasteiger partial charge on any atom is -0.407 e. The van der Waals surface area contributed by atoms with Gasteiger partial charge >= 0.3 is 5.35 Å². The molecular weight excluding hydrogens is 251 g/mol. The third-order valence-corrected chi connectivity index (χ3v) is 3.33. The Kier molecular flexibility index (Phi) is 2.15. The summed E-state index contributed by atoms with van der Waals surface area (Å²) in [6.45, 7) is 0. The molecule has 0 saturated carbocycles. The third kappa shape index (κ3) is 1.58. The predicted molar refractivity (Wildman–Crippen MR) is 60.1 cm³/mol. The first kappa shape index (κ1) is 9.74. The molecule has 1 aromatic carbocycles. The Morgan fingerprint density at radius 2 is 2.12 bits per heavy atom. The lowest BCUT2D eigenvalue weighted by atomic mass is 10.2. The molecule has 0 spiro atoms. The summed E-state index contributed by atoms with van der Waals surface area (Å²) in [5.41, 5.74) is 0. The molecule has 2 heterocycles. The molecule has 3 rings (SSSR count). The molecule has 0 amide bonds. The van der Waals surface area contributed by atoms with Gasteiger partial charge in [-0.2, -0.15) is 0 Å². The van der Waals surface area contributed by atoms with Gasteiger partial charge in [-0.15, -0.1) is 16.4 Å². The maximum atomic E-state index is 13.0. The topological polar surface area (TPSA) is 38.9 Å². The van der Waals surface area contributed by atoms with Crippen molar-refractivity contribution in [3.05, 3.63) is 35.4 Å². The molecule has 3 aromatic rings. The Hall–Kier alpha value is -1.46. The van der Waals surface area contributed by atoms with Gasteiger partial charge in [-0.05, 0) is 35.2 Å². The first-order chi connectivity index (χ1) is 7.72. The summed E-state index contributed by atoms with van der Waals surface area (Å²) in [5, 5.41) is 8.27. The summed E-state index contributed by atoms with van der Waals surface area (Å²) in [6.07, 6.45) is 0. The molecule has 0 saturated heterocycles. The van der Waals surface area contributed by atoms with Crippen LogP contribution in [-0.2, 0) is 0 Å². The molecule has 0 radical (unpaired) electrons. The molecule has 6 heteroatoms. The van der Waals surface area contributed by atoms with Crippen LogP contribution in [0, 0.1) is 5.82 Å². The fourth-order valence-corrected chi connectivity index (χ4v) is 2.54. The molecule has 0 atom stereocenters. The van der Waals surface area contributed by atoms with Crippen LogP contribution in [0.4, 0.5) is 4.39 Å². The van der Waals surface area contributed by atoms with Crippen molar-refractivity contribution in [2.75, 3.05) is 0 Å². The van der Waals surface area contributed by atoms with Crippen LogP contribution >= 0.6 is 22.9 Å². The quantitative estimate of drug-likeness (QED) is 0.664. The average molecular weight is 255 g/mol. The zero-order valence-corrected chi connectivity index (χ0v) is 9.35. The van der Waals surface area contributed by atoms with E-state index in [2.05, 4.69) is 10.2 Å². The molecular formula is C10H4ClFN2OS. The van der Waals surface area contributed by atoms with Crippen LogP contribution in [0.5, 0.6) is 0 Å². The number of hydrogen-bond donors (Lipinski definition) is 0. The molecule has 0 bridgehead atoms. The van der Waals surface area contributed by atoms with Gasteiger partial charge in [0.2, 0.25) is 0 Å². The molecule has 0 aliphatic heterocycles. The Labute approximate surface area is 98.5 Å². The number of rotatable bonds is 1. The number of aromatic nitrogens is 2. The summed E-state index contributed by atoms with van der Waals surface area (Å²) in [6, 6.07) is 6.47. The van der Waals surface area contributed by atoms with E-state index >= 15 is 0 Å². The van der Waals surface area contributed by atoms with Crippen LogP contribution in [0.3, 0.4) is 0 Å². The van der Waals surface area contributed by atoms with Gasteiger partial charge in [-0.25, -0.2) is 4.39 Å². The van der Waals surface area contributed by atoms with E-state index in [9.17, 15) is 4.39 Å². The Bertz CT molecular complexity index is 664. The first-order valence-electron chi connectivity index (χ1n) is 4.41. The number of thiophene rings is 1. The fraction of sp³-hybridized carbons (Fsp3) is 0. The Balaban J connectivity index is 2.18. The normalized spacial score (nSPS) is 11.1. The van der Waals surface area contributed by atoms with E-state index in [1.165, 1.54) is 23.5 Å². The number of benzene rings is 1. The lowest BCUT2D eigenvalue weighted by Crippen LogP contribution is -1.70. The summed E-state index contributed by atoms with van der Waals surface area (Å²) in [7, 11) is 0. The zero-order valence-electron chi connectivity index (χ0n) is 7.78. The van der Waals surface area contributed by atoms with E-state index in [0.717, 1.165) is 15.0 Å². The minimum absolute atomic E-state index is 0.00126. The SMILES string of the molecule is Fc1ccc2cc(-c3nnc(Cl)o3)sc2c1. The van der Waals surface area contributed by atoms with Crippen molar-refractivity contribution in [2.24, 2.45) is 0 Å². The number of halogens is 2. The molecule has 2 aromatic heterocycles. The van der Waals surface area contributed by atoms with Gasteiger partial charge in [0, 0.05) is 4.70 Å². The highest BCUT2D eigenvalue weighted by molar-refractivity contribution is 7.22. The second-order valence-corrected chi connectivity index (χ2v) is 4.56. The monoisotopic (exact) mass is 254 g/mol. The lowest BCUT2D eigenvalue weighted by Gasteiger charge is -1.86. The minimum atomic E-state index is -0.260. The van der Waals surface area contributed by atoms with E-state index in [1.54, 1.807) is 6.07 Å². The summed E-state index contributed by atoms with van der Waals surface area (Å²) in [4.78, 5) is 0.778. The van der Waals surface area contributed by atoms with E-state index in [4.69, 9.17) is 16.0 Å². The third-order valence-electron chi connectivity index (χ3n) is 2.09. The van der Waals surface area contributed by atoms with Crippen molar-refractivity contribution in [3.63, 3.8) is 0 Å². The van der Waals surface area contributed by atoms with Gasteiger partial charge in [-0.1, -0.05) is 11.2 Å². The molecule has 3 nitrogen and oxygen atoms in total. The van der Waals surface area contributed by atoms with Gasteiger partial charge in [0.15, 0.2) is 0 Å². The van der Waals surface area contributed by atoms with Crippen molar-refractivity contribution in [2.45, 2.75) is 0 Å². The predicted octanol–water partition coefficient (Wildman–Crippen LogP) is 3.74. The van der Waals surface area contributed by atoms with Gasteiger partial charge in [0.05, 0.1) is 4.88 Å². The van der Waals surface area contributed by atoms with Crippen molar-refractivity contribution in [1.29, 1.82) is 0 Å². The largest absolute Gasteiger partial charge is 0.407 e. The van der Waals surface area contributed by atoms with Gasteiger partial charge in [-0.3, -0.25) is 0 Å². The molecule has 0 aliphatic rings. The van der Waals surface area contributed by atoms with E-state index in [0.29, 0.717) is 5.89 Å². The van der Waals surface area contributed by atoms with Crippen LogP contribution in [-0.4, -0.2) is 10.2 Å². The maximum Gasteiger partial charge on any atom is 0.313 e. The van der Waals surface area contributed by atoms with Crippen molar-refractivity contribution in [1.82, 2.24) is 10.2 Å². The van der Waals surface area contributed by atoms with Crippen LogP contribution < -0.4 is 0 Å². The first-order valence-corrected chi connectivity index (χ1v) is 5.60. The number of nitrogens with zero attached hydrogens (tertiary/aromatic N) is 2. The fourth-order valence-electron chi connectivity index (χ4n) is 1.42. The molecule has 0 aliphatic carbocycles. The summed E-state index contributed by atoms with van der Waals surface area (Å²) < 4.78 is 18.9. The van der Waals surface area contributed by atoms with Gasteiger partial charge in [0.1, 0.15) is 5.82 Å². The van der Waals surface area contributed by atoms with E-state index in [1.807, 2.05) is 6.07 Å². The summed E-state index contributed by atoms with van der Waals surface area (Å²) in [5.74, 6) is 0.0936. The Morgan fingerprint density at radius 3 is 2.88 bits per heavy atom. The lowest BCUT2D eigenvalue weighted by molar-refractivity contribution is 0.572. The highest BCUT2D eigenvalue weighted by atomic mass is 35.5. The maximum absolute atomic E-state index is 13.0. The number of hydrogen-bond acceptors (Lipinski definition) is 4.